The van der Waals surface area contributed by atoms with Crippen molar-refractivity contribution in [2.75, 3.05) is 18.0 Å². The van der Waals surface area contributed by atoms with Gasteiger partial charge in [0, 0.05) is 31.2 Å². The van der Waals surface area contributed by atoms with Gasteiger partial charge in [0.2, 0.25) is 0 Å². The number of anilines is 1. The van der Waals surface area contributed by atoms with E-state index < -0.39 is 5.97 Å². The van der Waals surface area contributed by atoms with Crippen LogP contribution in [0.4, 0.5) is 5.69 Å². The van der Waals surface area contributed by atoms with Crippen molar-refractivity contribution in [2.24, 2.45) is 0 Å². The number of nitrogens with one attached hydrogen (secondary N) is 1. The van der Waals surface area contributed by atoms with Crippen molar-refractivity contribution in [3.63, 3.8) is 0 Å². The molecule has 1 saturated heterocycles. The molecule has 2 heterocycles. The number of amides is 1. The maximum absolute atomic E-state index is 12.4. The van der Waals surface area contributed by atoms with Crippen LogP contribution in [0.15, 0.2) is 42.7 Å². The van der Waals surface area contributed by atoms with Crippen LogP contribution in [0, 0.1) is 0 Å². The van der Waals surface area contributed by atoms with Crippen molar-refractivity contribution in [1.82, 2.24) is 10.3 Å². The van der Waals surface area contributed by atoms with E-state index >= 15 is 0 Å². The summed E-state index contributed by atoms with van der Waals surface area (Å²) in [5, 5.41) is 11.9. The highest BCUT2D eigenvalue weighted by Crippen LogP contribution is 2.24. The van der Waals surface area contributed by atoms with Gasteiger partial charge in [-0.1, -0.05) is 12.1 Å². The molecule has 1 aromatic carbocycles. The summed E-state index contributed by atoms with van der Waals surface area (Å²) in [5.41, 5.74) is 2.42. The molecule has 130 valence electrons. The van der Waals surface area contributed by atoms with E-state index in [1.54, 1.807) is 0 Å². The SMILES string of the molecule is CC(NC(=O)c1cncc(C(=O)O)c1)c1cccc(N2CCCC2)c1. The van der Waals surface area contributed by atoms with E-state index in [1.807, 2.05) is 19.1 Å². The quantitative estimate of drug-likeness (QED) is 0.875. The smallest absolute Gasteiger partial charge is 0.337 e. The molecule has 6 nitrogen and oxygen atoms in total. The van der Waals surface area contributed by atoms with Crippen LogP contribution >= 0.6 is 0 Å². The normalized spacial score (nSPS) is 15.0. The fourth-order valence-electron chi connectivity index (χ4n) is 3.01. The zero-order valence-electron chi connectivity index (χ0n) is 14.1. The molecule has 6 heteroatoms. The van der Waals surface area contributed by atoms with Crippen LogP contribution < -0.4 is 10.2 Å². The van der Waals surface area contributed by atoms with Crippen molar-refractivity contribution in [1.29, 1.82) is 0 Å². The Morgan fingerprint density at radius 3 is 2.60 bits per heavy atom. The first-order valence-corrected chi connectivity index (χ1v) is 8.39. The predicted molar refractivity (Wildman–Crippen MR) is 95.0 cm³/mol. The van der Waals surface area contributed by atoms with Crippen LogP contribution in [-0.4, -0.2) is 35.1 Å². The van der Waals surface area contributed by atoms with Gasteiger partial charge < -0.3 is 15.3 Å². The fraction of sp³-hybridized carbons (Fsp3) is 0.316. The van der Waals surface area contributed by atoms with Gasteiger partial charge in [-0.2, -0.15) is 0 Å². The monoisotopic (exact) mass is 339 g/mol. The number of aromatic nitrogens is 1. The molecule has 0 saturated carbocycles. The lowest BCUT2D eigenvalue weighted by atomic mass is 10.1. The van der Waals surface area contributed by atoms with Gasteiger partial charge in [0.15, 0.2) is 0 Å². The molecule has 1 aliphatic heterocycles. The number of rotatable bonds is 5. The largest absolute Gasteiger partial charge is 0.478 e. The maximum atomic E-state index is 12.4. The van der Waals surface area contributed by atoms with Gasteiger partial charge in [-0.05, 0) is 43.5 Å². The summed E-state index contributed by atoms with van der Waals surface area (Å²) < 4.78 is 0. The first-order valence-electron chi connectivity index (χ1n) is 8.39. The van der Waals surface area contributed by atoms with Crippen LogP contribution in [0.2, 0.25) is 0 Å². The number of carbonyl (C=O) groups excluding carboxylic acids is 1. The summed E-state index contributed by atoms with van der Waals surface area (Å²) in [6.45, 7) is 4.05. The Kier molecular flexibility index (Phi) is 4.97. The lowest BCUT2D eigenvalue weighted by Gasteiger charge is -2.20. The topological polar surface area (TPSA) is 82.5 Å². The highest BCUT2D eigenvalue weighted by molar-refractivity contribution is 5.97. The first-order chi connectivity index (χ1) is 12.0. The Hall–Kier alpha value is -2.89. The minimum atomic E-state index is -1.10. The molecule has 0 radical (unpaired) electrons. The number of carboxylic acids is 1. The lowest BCUT2D eigenvalue weighted by molar-refractivity contribution is 0.0696. The number of carbonyl (C=O) groups is 2. The van der Waals surface area contributed by atoms with Crippen molar-refractivity contribution in [3.8, 4) is 0 Å². The van der Waals surface area contributed by atoms with Crippen molar-refractivity contribution < 1.29 is 14.7 Å². The van der Waals surface area contributed by atoms with Crippen molar-refractivity contribution in [2.45, 2.75) is 25.8 Å². The number of hydrogen-bond donors (Lipinski definition) is 2. The van der Waals surface area contributed by atoms with Crippen LogP contribution in [0.25, 0.3) is 0 Å². The number of aromatic carboxylic acids is 1. The molecular weight excluding hydrogens is 318 g/mol. The zero-order chi connectivity index (χ0) is 17.8. The molecule has 0 bridgehead atoms. The molecule has 25 heavy (non-hydrogen) atoms. The minimum absolute atomic E-state index is 0.00339. The average molecular weight is 339 g/mol. The van der Waals surface area contributed by atoms with E-state index in [2.05, 4.69) is 27.3 Å². The Morgan fingerprint density at radius 2 is 1.88 bits per heavy atom. The average Bonchev–Trinajstić information content (AvgIpc) is 3.16. The van der Waals surface area contributed by atoms with Gasteiger partial charge in [0.1, 0.15) is 0 Å². The molecular formula is C19H21N3O3. The molecule has 1 amide bonds. The van der Waals surface area contributed by atoms with Gasteiger partial charge >= 0.3 is 5.97 Å². The minimum Gasteiger partial charge on any atom is -0.478 e. The highest BCUT2D eigenvalue weighted by atomic mass is 16.4. The van der Waals surface area contributed by atoms with Crippen LogP contribution in [0.5, 0.6) is 0 Å². The molecule has 1 unspecified atom stereocenters. The molecule has 0 spiro atoms. The first kappa shape index (κ1) is 17.0. The Labute approximate surface area is 146 Å². The van der Waals surface area contributed by atoms with Crippen LogP contribution in [0.1, 0.15) is 52.1 Å². The van der Waals surface area contributed by atoms with Crippen molar-refractivity contribution in [3.05, 3.63) is 59.4 Å². The lowest BCUT2D eigenvalue weighted by Crippen LogP contribution is -2.27. The summed E-state index contributed by atoms with van der Waals surface area (Å²) in [4.78, 5) is 29.6. The summed E-state index contributed by atoms with van der Waals surface area (Å²) in [6.07, 6.45) is 5.02. The van der Waals surface area contributed by atoms with Gasteiger partial charge in [-0.3, -0.25) is 9.78 Å². The molecule has 1 fully saturated rings. The van der Waals surface area contributed by atoms with E-state index in [4.69, 9.17) is 5.11 Å². The molecule has 0 aliphatic carbocycles. The van der Waals surface area contributed by atoms with E-state index in [-0.39, 0.29) is 23.1 Å². The Bertz CT molecular complexity index is 785. The second kappa shape index (κ2) is 7.34. The van der Waals surface area contributed by atoms with Gasteiger partial charge in [-0.15, -0.1) is 0 Å². The maximum Gasteiger partial charge on any atom is 0.337 e. The number of carboxylic acid groups (broad SMARTS) is 1. The van der Waals surface area contributed by atoms with Crippen LogP contribution in [0.3, 0.4) is 0 Å². The van der Waals surface area contributed by atoms with Gasteiger partial charge in [-0.25, -0.2) is 4.79 Å². The molecule has 1 aliphatic rings. The standard InChI is InChI=1S/C19H21N3O3/c1-13(14-5-4-6-17(10-14)22-7-2-3-8-22)21-18(23)15-9-16(19(24)25)12-20-11-15/h4-6,9-13H,2-3,7-8H2,1H3,(H,21,23)(H,24,25). The third-order valence-electron chi connectivity index (χ3n) is 4.44. The molecule has 1 atom stereocenters. The summed E-state index contributed by atoms with van der Waals surface area (Å²) in [5.74, 6) is -1.44. The number of benzene rings is 1. The molecule has 2 N–H and O–H groups in total. The van der Waals surface area contributed by atoms with E-state index in [1.165, 1.54) is 37.0 Å². The van der Waals surface area contributed by atoms with E-state index in [0.29, 0.717) is 0 Å². The zero-order valence-corrected chi connectivity index (χ0v) is 14.1. The Morgan fingerprint density at radius 1 is 1.16 bits per heavy atom. The van der Waals surface area contributed by atoms with Crippen molar-refractivity contribution >= 4 is 17.6 Å². The molecule has 3 rings (SSSR count). The predicted octanol–water partition coefficient (Wildman–Crippen LogP) is 2.87. The third kappa shape index (κ3) is 3.96. The summed E-state index contributed by atoms with van der Waals surface area (Å²) in [6, 6.07) is 9.31. The number of pyridine rings is 1. The van der Waals surface area contributed by atoms with Gasteiger partial charge in [0.25, 0.3) is 5.91 Å². The van der Waals surface area contributed by atoms with E-state index in [0.717, 1.165) is 18.7 Å². The number of hydrogen-bond acceptors (Lipinski definition) is 4. The van der Waals surface area contributed by atoms with E-state index in [9.17, 15) is 9.59 Å². The fourth-order valence-corrected chi connectivity index (χ4v) is 3.01. The summed E-state index contributed by atoms with van der Waals surface area (Å²) in [7, 11) is 0. The number of nitrogens with zero attached hydrogens (tertiary/aromatic N) is 2. The molecule has 2 aromatic rings. The Balaban J connectivity index is 1.72. The third-order valence-corrected chi connectivity index (χ3v) is 4.44. The second-order valence-electron chi connectivity index (χ2n) is 6.25. The molecule has 1 aromatic heterocycles. The van der Waals surface area contributed by atoms with Crippen LogP contribution in [-0.2, 0) is 0 Å². The van der Waals surface area contributed by atoms with Gasteiger partial charge in [0.05, 0.1) is 17.2 Å². The second-order valence-corrected chi connectivity index (χ2v) is 6.25. The summed E-state index contributed by atoms with van der Waals surface area (Å²) >= 11 is 0. The highest BCUT2D eigenvalue weighted by Gasteiger charge is 2.16.